The van der Waals surface area contributed by atoms with Gasteiger partial charge in [0.2, 0.25) is 0 Å². The standard InChI is InChI=1S/C62H112O6/c1-4-7-10-13-16-19-22-25-28-31-34-37-40-43-46-49-60(63)66-55-54-57-52-53-58(67-61(64)50-47-44-41-38-35-32-29-26-23-20-17-14-11-8-5-2)59(56-57)68-62(65)51-48-45-42-39-36-33-30-27-24-21-18-15-12-9-6-3/h52-53,56H,4-51,54-55H2,1-3H3. The van der Waals surface area contributed by atoms with E-state index in [0.29, 0.717) is 25.7 Å². The summed E-state index contributed by atoms with van der Waals surface area (Å²) in [4.78, 5) is 38.6. The average molecular weight is 954 g/mol. The highest BCUT2D eigenvalue weighted by atomic mass is 16.6. The zero-order valence-electron chi connectivity index (χ0n) is 45.5. The second kappa shape index (κ2) is 51.0. The van der Waals surface area contributed by atoms with Crippen molar-refractivity contribution < 1.29 is 28.6 Å². The van der Waals surface area contributed by atoms with Crippen LogP contribution in [-0.2, 0) is 25.5 Å². The minimum absolute atomic E-state index is 0.154. The molecule has 0 unspecified atom stereocenters. The summed E-state index contributed by atoms with van der Waals surface area (Å²) in [5.41, 5.74) is 0.877. The van der Waals surface area contributed by atoms with Gasteiger partial charge >= 0.3 is 17.9 Å². The lowest BCUT2D eigenvalue weighted by atomic mass is 10.0. The molecule has 0 aliphatic carbocycles. The average Bonchev–Trinajstić information content (AvgIpc) is 3.33. The van der Waals surface area contributed by atoms with Crippen LogP contribution >= 0.6 is 0 Å². The fourth-order valence-corrected chi connectivity index (χ4v) is 9.50. The van der Waals surface area contributed by atoms with Crippen molar-refractivity contribution in [3.8, 4) is 11.5 Å². The molecule has 0 heterocycles. The Morgan fingerprint density at radius 1 is 0.309 bits per heavy atom. The number of hydrogen-bond acceptors (Lipinski definition) is 6. The molecule has 396 valence electrons. The van der Waals surface area contributed by atoms with Crippen molar-refractivity contribution in [2.75, 3.05) is 6.61 Å². The summed E-state index contributed by atoms with van der Waals surface area (Å²) in [5, 5.41) is 0. The maximum Gasteiger partial charge on any atom is 0.311 e. The zero-order chi connectivity index (χ0) is 49.1. The first-order valence-electron chi connectivity index (χ1n) is 30.2. The molecule has 6 heteroatoms. The summed E-state index contributed by atoms with van der Waals surface area (Å²) in [6.07, 6.45) is 59.4. The number of carbonyl (C=O) groups is 3. The normalized spacial score (nSPS) is 11.3. The lowest BCUT2D eigenvalue weighted by Gasteiger charge is -2.13. The van der Waals surface area contributed by atoms with Crippen LogP contribution < -0.4 is 9.47 Å². The van der Waals surface area contributed by atoms with Gasteiger partial charge in [-0.15, -0.1) is 0 Å². The SMILES string of the molecule is CCCCCCCCCCCCCCCCCC(=O)OCCc1ccc(OC(=O)CCCCCCCCCCCCCCCCC)c(OC(=O)CCCCCCCCCCCCCCCCC)c1. The van der Waals surface area contributed by atoms with Gasteiger partial charge in [-0.1, -0.05) is 297 Å². The van der Waals surface area contributed by atoms with E-state index in [2.05, 4.69) is 20.8 Å². The fraction of sp³-hybridized carbons (Fsp3) is 0.855. The number of esters is 3. The molecule has 0 saturated heterocycles. The van der Waals surface area contributed by atoms with E-state index >= 15 is 0 Å². The quantitative estimate of drug-likeness (QED) is 0.0368. The van der Waals surface area contributed by atoms with Gasteiger partial charge in [-0.3, -0.25) is 14.4 Å². The third-order valence-corrected chi connectivity index (χ3v) is 14.1. The highest BCUT2D eigenvalue weighted by Crippen LogP contribution is 2.30. The number of rotatable bonds is 53. The maximum atomic E-state index is 13.1. The Morgan fingerprint density at radius 3 is 0.853 bits per heavy atom. The maximum absolute atomic E-state index is 13.1. The van der Waals surface area contributed by atoms with Gasteiger partial charge in [-0.2, -0.15) is 0 Å². The first kappa shape index (κ1) is 63.6. The molecule has 0 saturated carbocycles. The molecule has 0 aromatic heterocycles. The van der Waals surface area contributed by atoms with Gasteiger partial charge in [-0.05, 0) is 37.0 Å². The summed E-state index contributed by atoms with van der Waals surface area (Å²) < 4.78 is 17.3. The van der Waals surface area contributed by atoms with Crippen LogP contribution in [-0.4, -0.2) is 24.5 Å². The van der Waals surface area contributed by atoms with Gasteiger partial charge in [0.15, 0.2) is 11.5 Å². The number of ether oxygens (including phenoxy) is 3. The van der Waals surface area contributed by atoms with Crippen LogP contribution in [0.25, 0.3) is 0 Å². The van der Waals surface area contributed by atoms with Crippen molar-refractivity contribution in [1.82, 2.24) is 0 Å². The smallest absolute Gasteiger partial charge is 0.311 e. The zero-order valence-corrected chi connectivity index (χ0v) is 45.5. The highest BCUT2D eigenvalue weighted by Gasteiger charge is 2.16. The number of carbonyl (C=O) groups excluding carboxylic acids is 3. The molecule has 0 aliphatic rings. The van der Waals surface area contributed by atoms with E-state index < -0.39 is 0 Å². The minimum atomic E-state index is -0.300. The first-order chi connectivity index (χ1) is 33.5. The van der Waals surface area contributed by atoms with Crippen LogP contribution in [0.2, 0.25) is 0 Å². The molecule has 6 nitrogen and oxygen atoms in total. The largest absolute Gasteiger partial charge is 0.465 e. The molecule has 0 radical (unpaired) electrons. The van der Waals surface area contributed by atoms with Crippen molar-refractivity contribution in [1.29, 1.82) is 0 Å². The van der Waals surface area contributed by atoms with E-state index in [9.17, 15) is 14.4 Å². The van der Waals surface area contributed by atoms with E-state index in [-0.39, 0.29) is 36.0 Å². The third-order valence-electron chi connectivity index (χ3n) is 14.1. The minimum Gasteiger partial charge on any atom is -0.465 e. The molecule has 0 fully saturated rings. The van der Waals surface area contributed by atoms with Gasteiger partial charge in [0.25, 0.3) is 0 Å². The summed E-state index contributed by atoms with van der Waals surface area (Å²) in [6.45, 7) is 7.10. The van der Waals surface area contributed by atoms with Crippen molar-refractivity contribution in [2.24, 2.45) is 0 Å². The lowest BCUT2D eigenvalue weighted by molar-refractivity contribution is -0.143. The Bertz CT molecular complexity index is 1260. The number of unbranched alkanes of at least 4 members (excludes halogenated alkanes) is 42. The van der Waals surface area contributed by atoms with Crippen molar-refractivity contribution in [3.63, 3.8) is 0 Å². The molecule has 0 bridgehead atoms. The molecule has 0 amide bonds. The summed E-state index contributed by atoms with van der Waals surface area (Å²) in [7, 11) is 0. The molecule has 0 atom stereocenters. The van der Waals surface area contributed by atoms with Crippen LogP contribution in [0.1, 0.15) is 335 Å². The molecular formula is C62H112O6. The summed E-state index contributed by atoms with van der Waals surface area (Å²) in [5.74, 6) is -0.178. The first-order valence-corrected chi connectivity index (χ1v) is 30.2. The number of benzene rings is 1. The molecule has 1 aromatic rings. The predicted octanol–water partition coefficient (Wildman–Crippen LogP) is 20.4. The Hall–Kier alpha value is -2.37. The monoisotopic (exact) mass is 953 g/mol. The van der Waals surface area contributed by atoms with Crippen molar-refractivity contribution in [3.05, 3.63) is 23.8 Å². The molecule has 0 N–H and O–H groups in total. The van der Waals surface area contributed by atoms with Crippen LogP contribution in [0.5, 0.6) is 11.5 Å². The second-order valence-corrected chi connectivity index (χ2v) is 20.8. The van der Waals surface area contributed by atoms with Gasteiger partial charge in [0.1, 0.15) is 0 Å². The van der Waals surface area contributed by atoms with Gasteiger partial charge in [0, 0.05) is 25.7 Å². The van der Waals surface area contributed by atoms with Crippen molar-refractivity contribution in [2.45, 2.75) is 335 Å². The molecule has 0 spiro atoms. The van der Waals surface area contributed by atoms with Crippen LogP contribution in [0, 0.1) is 0 Å². The van der Waals surface area contributed by atoms with Gasteiger partial charge in [-0.25, -0.2) is 0 Å². The second-order valence-electron chi connectivity index (χ2n) is 20.8. The van der Waals surface area contributed by atoms with E-state index in [1.54, 1.807) is 12.1 Å². The summed E-state index contributed by atoms with van der Waals surface area (Å²) >= 11 is 0. The highest BCUT2D eigenvalue weighted by molar-refractivity contribution is 5.76. The van der Waals surface area contributed by atoms with E-state index in [4.69, 9.17) is 14.2 Å². The third kappa shape index (κ3) is 43.6. The van der Waals surface area contributed by atoms with Gasteiger partial charge < -0.3 is 14.2 Å². The Morgan fingerprint density at radius 2 is 0.559 bits per heavy atom. The molecular weight excluding hydrogens is 841 g/mol. The van der Waals surface area contributed by atoms with Crippen LogP contribution in [0.3, 0.4) is 0 Å². The van der Waals surface area contributed by atoms with Crippen molar-refractivity contribution >= 4 is 17.9 Å². The topological polar surface area (TPSA) is 78.9 Å². The Balaban J connectivity index is 2.41. The number of hydrogen-bond donors (Lipinski definition) is 0. The Kier molecular flexibility index (Phi) is 47.7. The van der Waals surface area contributed by atoms with E-state index in [1.807, 2.05) is 6.07 Å². The summed E-state index contributed by atoms with van der Waals surface area (Å²) in [6, 6.07) is 5.39. The van der Waals surface area contributed by atoms with Crippen LogP contribution in [0.15, 0.2) is 18.2 Å². The molecule has 1 aromatic carbocycles. The van der Waals surface area contributed by atoms with Gasteiger partial charge in [0.05, 0.1) is 6.61 Å². The predicted molar refractivity (Wildman–Crippen MR) is 291 cm³/mol. The lowest BCUT2D eigenvalue weighted by Crippen LogP contribution is -2.13. The molecule has 68 heavy (non-hydrogen) atoms. The molecule has 1 rings (SSSR count). The van der Waals surface area contributed by atoms with Crippen LogP contribution in [0.4, 0.5) is 0 Å². The van der Waals surface area contributed by atoms with E-state index in [0.717, 1.165) is 56.9 Å². The van der Waals surface area contributed by atoms with E-state index in [1.165, 1.54) is 238 Å². The fourth-order valence-electron chi connectivity index (χ4n) is 9.50. The Labute approximate surface area is 422 Å². The molecule has 0 aliphatic heterocycles.